The smallest absolute Gasteiger partial charge is 0.325 e. The minimum absolute atomic E-state index is 0.0246. The maximum atomic E-state index is 12.6. The highest BCUT2D eigenvalue weighted by atomic mass is 32.2. The summed E-state index contributed by atoms with van der Waals surface area (Å²) >= 11 is 1.15. The van der Waals surface area contributed by atoms with E-state index in [0.717, 1.165) is 11.8 Å². The number of thioether (sulfide) groups is 1. The molecule has 2 atom stereocenters. The van der Waals surface area contributed by atoms with Crippen LogP contribution in [-0.4, -0.2) is 68.1 Å². The fraction of sp³-hybridized carbons (Fsp3) is 0.562. The molecule has 1 aromatic carbocycles. The lowest BCUT2D eigenvalue weighted by Gasteiger charge is -2.32. The molecule has 1 rings (SSSR count). The van der Waals surface area contributed by atoms with Crippen molar-refractivity contribution in [3.8, 4) is 5.75 Å². The van der Waals surface area contributed by atoms with Gasteiger partial charge in [-0.25, -0.2) is 8.42 Å². The zero-order chi connectivity index (χ0) is 20.0. The van der Waals surface area contributed by atoms with Crippen LogP contribution in [0.5, 0.6) is 5.75 Å². The lowest BCUT2D eigenvalue weighted by molar-refractivity contribution is -0.143. The van der Waals surface area contributed by atoms with Gasteiger partial charge in [-0.2, -0.15) is 16.5 Å². The van der Waals surface area contributed by atoms with Crippen LogP contribution in [0.15, 0.2) is 29.2 Å². The molecule has 8 nitrogen and oxygen atoms in total. The molecule has 0 fully saturated rings. The molecule has 0 aromatic heterocycles. The molecule has 10 heteroatoms. The van der Waals surface area contributed by atoms with Crippen molar-refractivity contribution in [2.24, 2.45) is 0 Å². The Morgan fingerprint density at radius 1 is 1.27 bits per heavy atom. The third-order valence-electron chi connectivity index (χ3n) is 3.63. The van der Waals surface area contributed by atoms with Gasteiger partial charge in [0.25, 0.3) is 0 Å². The molecule has 0 bridgehead atoms. The van der Waals surface area contributed by atoms with Crippen LogP contribution in [0.1, 0.15) is 13.8 Å². The topological polar surface area (TPSA) is 122 Å². The molecule has 0 amide bonds. The number of aliphatic hydroxyl groups excluding tert-OH is 2. The van der Waals surface area contributed by atoms with E-state index in [0.29, 0.717) is 5.75 Å². The predicted octanol–water partition coefficient (Wildman–Crippen LogP) is 0.380. The van der Waals surface area contributed by atoms with Gasteiger partial charge in [0.2, 0.25) is 10.0 Å². The summed E-state index contributed by atoms with van der Waals surface area (Å²) in [5, 5.41) is 18.4. The van der Waals surface area contributed by atoms with Crippen LogP contribution < -0.4 is 9.46 Å². The number of hydrogen-bond donors (Lipinski definition) is 3. The predicted molar refractivity (Wildman–Crippen MR) is 98.7 cm³/mol. The molecule has 0 heterocycles. The maximum absolute atomic E-state index is 12.6. The van der Waals surface area contributed by atoms with Gasteiger partial charge in [-0.05, 0) is 38.1 Å². The van der Waals surface area contributed by atoms with Crippen molar-refractivity contribution in [2.75, 3.05) is 26.6 Å². The molecule has 0 aliphatic carbocycles. The average Bonchev–Trinajstić information content (AvgIpc) is 2.63. The van der Waals surface area contributed by atoms with Crippen molar-refractivity contribution in [1.82, 2.24) is 4.72 Å². The standard InChI is InChI=1S/C16H25NO7S2/c1-16(2,25-10-11(19)9-18)14(15(20)24-4)17-26(21,22)13-7-5-12(23-3)6-8-13/h5-8,11,14,17-19H,9-10H2,1-4H3/t11-,14+/m1/s1. The number of carbonyl (C=O) groups excluding carboxylic acids is 1. The first kappa shape index (κ1) is 22.7. The number of sulfonamides is 1. The zero-order valence-electron chi connectivity index (χ0n) is 15.1. The fourth-order valence-electron chi connectivity index (χ4n) is 2.02. The number of hydrogen-bond acceptors (Lipinski definition) is 8. The molecule has 0 saturated carbocycles. The van der Waals surface area contributed by atoms with Gasteiger partial charge in [-0.1, -0.05) is 0 Å². The summed E-state index contributed by atoms with van der Waals surface area (Å²) in [6.45, 7) is 2.88. The van der Waals surface area contributed by atoms with E-state index in [9.17, 15) is 18.3 Å². The highest BCUT2D eigenvalue weighted by Gasteiger charge is 2.40. The molecule has 3 N–H and O–H groups in total. The summed E-state index contributed by atoms with van der Waals surface area (Å²) < 4.78 is 36.5. The zero-order valence-corrected chi connectivity index (χ0v) is 16.8. The van der Waals surface area contributed by atoms with E-state index in [4.69, 9.17) is 14.6 Å². The van der Waals surface area contributed by atoms with E-state index in [2.05, 4.69) is 4.72 Å². The van der Waals surface area contributed by atoms with Gasteiger partial charge in [0.05, 0.1) is 31.8 Å². The molecular weight excluding hydrogens is 382 g/mol. The minimum atomic E-state index is -4.00. The third kappa shape index (κ3) is 6.13. The summed E-state index contributed by atoms with van der Waals surface area (Å²) in [7, 11) is -1.36. The van der Waals surface area contributed by atoms with E-state index in [1.54, 1.807) is 13.8 Å². The molecule has 0 aliphatic rings. The minimum Gasteiger partial charge on any atom is -0.497 e. The van der Waals surface area contributed by atoms with Crippen LogP contribution in [0.2, 0.25) is 0 Å². The highest BCUT2D eigenvalue weighted by Crippen LogP contribution is 2.30. The quantitative estimate of drug-likeness (QED) is 0.476. The van der Waals surface area contributed by atoms with Gasteiger partial charge in [0, 0.05) is 10.5 Å². The fourth-order valence-corrected chi connectivity index (χ4v) is 4.47. The Hall–Kier alpha value is -1.33. The van der Waals surface area contributed by atoms with E-state index >= 15 is 0 Å². The Morgan fingerprint density at radius 3 is 2.31 bits per heavy atom. The first-order valence-corrected chi connectivity index (χ1v) is 10.2. The lowest BCUT2D eigenvalue weighted by Crippen LogP contribution is -2.53. The van der Waals surface area contributed by atoms with E-state index in [-0.39, 0.29) is 10.6 Å². The van der Waals surface area contributed by atoms with Gasteiger partial charge < -0.3 is 19.7 Å². The Morgan fingerprint density at radius 2 is 1.85 bits per heavy atom. The van der Waals surface area contributed by atoms with Crippen LogP contribution >= 0.6 is 11.8 Å². The van der Waals surface area contributed by atoms with Crippen molar-refractivity contribution in [3.05, 3.63) is 24.3 Å². The van der Waals surface area contributed by atoms with Crippen molar-refractivity contribution in [1.29, 1.82) is 0 Å². The summed E-state index contributed by atoms with van der Waals surface area (Å²) in [6.07, 6.45) is -0.976. The van der Waals surface area contributed by atoms with E-state index in [1.807, 2.05) is 0 Å². The molecule has 0 unspecified atom stereocenters. The van der Waals surface area contributed by atoms with Crippen LogP contribution in [0, 0.1) is 0 Å². The summed E-state index contributed by atoms with van der Waals surface area (Å²) in [4.78, 5) is 12.2. The molecule has 0 aliphatic heterocycles. The molecule has 0 saturated heterocycles. The molecular formula is C16H25NO7S2. The second kappa shape index (κ2) is 9.56. The first-order chi connectivity index (χ1) is 12.1. The lowest BCUT2D eigenvalue weighted by atomic mass is 10.0. The average molecular weight is 408 g/mol. The number of esters is 1. The highest BCUT2D eigenvalue weighted by molar-refractivity contribution is 8.00. The number of methoxy groups -OCH3 is 2. The Kier molecular flexibility index (Phi) is 8.35. The number of ether oxygens (including phenoxy) is 2. The van der Waals surface area contributed by atoms with Gasteiger partial charge in [-0.15, -0.1) is 0 Å². The van der Waals surface area contributed by atoms with Gasteiger partial charge in [0.15, 0.2) is 0 Å². The van der Waals surface area contributed by atoms with Crippen molar-refractivity contribution in [3.63, 3.8) is 0 Å². The second-order valence-corrected chi connectivity index (χ2v) is 9.39. The normalized spacial score (nSPS) is 14.5. The number of nitrogens with one attached hydrogen (secondary N) is 1. The number of benzene rings is 1. The van der Waals surface area contributed by atoms with E-state index in [1.165, 1.54) is 38.5 Å². The maximum Gasteiger partial charge on any atom is 0.325 e. The van der Waals surface area contributed by atoms with Crippen molar-refractivity contribution >= 4 is 27.8 Å². The largest absolute Gasteiger partial charge is 0.497 e. The van der Waals surface area contributed by atoms with Crippen molar-refractivity contribution < 1.29 is 32.9 Å². The number of rotatable bonds is 10. The van der Waals surface area contributed by atoms with E-state index < -0.39 is 39.5 Å². The molecule has 148 valence electrons. The second-order valence-electron chi connectivity index (χ2n) is 6.00. The number of carbonyl (C=O) groups is 1. The summed E-state index contributed by atoms with van der Waals surface area (Å²) in [5.74, 6) is -0.123. The molecule has 0 radical (unpaired) electrons. The Labute approximate surface area is 157 Å². The monoisotopic (exact) mass is 407 g/mol. The molecule has 1 aromatic rings. The van der Waals surface area contributed by atoms with Crippen LogP contribution in [0.3, 0.4) is 0 Å². The summed E-state index contributed by atoms with van der Waals surface area (Å²) in [6, 6.07) is 4.53. The summed E-state index contributed by atoms with van der Waals surface area (Å²) in [5.41, 5.74) is 0. The van der Waals surface area contributed by atoms with Crippen LogP contribution in [0.4, 0.5) is 0 Å². The first-order valence-electron chi connectivity index (χ1n) is 7.74. The Bertz CT molecular complexity index is 689. The molecule has 26 heavy (non-hydrogen) atoms. The van der Waals surface area contributed by atoms with Crippen LogP contribution in [0.25, 0.3) is 0 Å². The SMILES string of the molecule is COC(=O)[C@H](NS(=O)(=O)c1ccc(OC)cc1)C(C)(C)SC[C@H](O)CO. The number of aliphatic hydroxyl groups is 2. The third-order valence-corrected chi connectivity index (χ3v) is 6.60. The Balaban J connectivity index is 3.06. The van der Waals surface area contributed by atoms with Gasteiger partial charge in [-0.3, -0.25) is 4.79 Å². The van der Waals surface area contributed by atoms with Gasteiger partial charge in [0.1, 0.15) is 11.8 Å². The molecule has 0 spiro atoms. The van der Waals surface area contributed by atoms with Crippen LogP contribution in [-0.2, 0) is 19.6 Å². The van der Waals surface area contributed by atoms with Crippen molar-refractivity contribution in [2.45, 2.75) is 35.6 Å². The van der Waals surface area contributed by atoms with Gasteiger partial charge >= 0.3 is 5.97 Å².